The van der Waals surface area contributed by atoms with E-state index < -0.39 is 12.1 Å². The molecule has 1 atom stereocenters. The highest BCUT2D eigenvalue weighted by molar-refractivity contribution is 6.39. The number of benzene rings is 2. The van der Waals surface area contributed by atoms with Crippen molar-refractivity contribution < 1.29 is 17.9 Å². The fourth-order valence-corrected chi connectivity index (χ4v) is 3.14. The molecule has 1 unspecified atom stereocenters. The minimum absolute atomic E-state index is 0.101. The molecular formula is C15H12Cl2F3N5O. The maximum absolute atomic E-state index is 12.2. The van der Waals surface area contributed by atoms with Gasteiger partial charge >= 0.3 is 6.36 Å². The Morgan fingerprint density at radius 3 is 2.12 bits per heavy atom. The molecule has 11 heteroatoms. The third kappa shape index (κ3) is 3.80. The normalized spacial score (nSPS) is 19.8. The first-order chi connectivity index (χ1) is 12.1. The van der Waals surface area contributed by atoms with Crippen molar-refractivity contribution in [3.8, 4) is 16.9 Å². The van der Waals surface area contributed by atoms with E-state index in [1.807, 2.05) is 0 Å². The van der Waals surface area contributed by atoms with Crippen LogP contribution in [0.25, 0.3) is 11.1 Å². The van der Waals surface area contributed by atoms with Crippen molar-refractivity contribution in [1.82, 2.24) is 10.9 Å². The average molecular weight is 406 g/mol. The van der Waals surface area contributed by atoms with Gasteiger partial charge in [-0.2, -0.15) is 5.43 Å². The molecular weight excluding hydrogens is 394 g/mol. The van der Waals surface area contributed by atoms with Gasteiger partial charge in [-0.05, 0) is 29.8 Å². The number of rotatable bonds is 3. The maximum atomic E-state index is 12.2. The quantitative estimate of drug-likeness (QED) is 0.629. The van der Waals surface area contributed by atoms with Gasteiger partial charge in [0.15, 0.2) is 0 Å². The van der Waals surface area contributed by atoms with Gasteiger partial charge in [-0.25, -0.2) is 4.99 Å². The van der Waals surface area contributed by atoms with E-state index in [1.54, 1.807) is 12.1 Å². The van der Waals surface area contributed by atoms with E-state index in [4.69, 9.17) is 34.7 Å². The summed E-state index contributed by atoms with van der Waals surface area (Å²) in [6, 6.07) is 8.25. The Morgan fingerprint density at radius 1 is 1.08 bits per heavy atom. The summed E-state index contributed by atoms with van der Waals surface area (Å²) in [5, 5.41) is 0.480. The van der Waals surface area contributed by atoms with E-state index >= 15 is 0 Å². The van der Waals surface area contributed by atoms with Gasteiger partial charge in [-0.3, -0.25) is 11.2 Å². The molecule has 1 aliphatic rings. The monoisotopic (exact) mass is 405 g/mol. The highest BCUT2D eigenvalue weighted by Gasteiger charge is 2.33. The molecule has 2 aromatic carbocycles. The van der Waals surface area contributed by atoms with Crippen LogP contribution in [0.3, 0.4) is 0 Å². The van der Waals surface area contributed by atoms with Crippen LogP contribution < -0.4 is 27.1 Å². The minimum Gasteiger partial charge on any atom is -0.406 e. The molecule has 0 saturated carbocycles. The van der Waals surface area contributed by atoms with E-state index in [-0.39, 0.29) is 21.8 Å². The molecule has 0 saturated heterocycles. The van der Waals surface area contributed by atoms with Gasteiger partial charge in [-0.1, -0.05) is 35.3 Å². The molecule has 26 heavy (non-hydrogen) atoms. The van der Waals surface area contributed by atoms with Gasteiger partial charge in [-0.15, -0.1) is 13.2 Å². The van der Waals surface area contributed by atoms with Crippen molar-refractivity contribution in [1.29, 1.82) is 0 Å². The zero-order chi connectivity index (χ0) is 19.1. The molecule has 6 N–H and O–H groups in total. The Kier molecular flexibility index (Phi) is 4.65. The number of nitrogens with zero attached hydrogens (tertiary/aromatic N) is 1. The van der Waals surface area contributed by atoms with Gasteiger partial charge in [0.1, 0.15) is 5.75 Å². The molecule has 0 fully saturated rings. The van der Waals surface area contributed by atoms with E-state index in [1.165, 1.54) is 24.3 Å². The van der Waals surface area contributed by atoms with Crippen molar-refractivity contribution in [2.45, 2.75) is 12.1 Å². The van der Waals surface area contributed by atoms with Crippen molar-refractivity contribution in [2.24, 2.45) is 16.5 Å². The van der Waals surface area contributed by atoms with Crippen LogP contribution >= 0.6 is 23.2 Å². The SMILES string of the molecule is NC1=NC(N)(c2cc(Cl)c(-c3ccc(OC(F)(F)F)cc3)c(Cl)c2)NN1. The molecule has 1 heterocycles. The summed E-state index contributed by atoms with van der Waals surface area (Å²) in [6.07, 6.45) is -4.77. The molecule has 6 nitrogen and oxygen atoms in total. The highest BCUT2D eigenvalue weighted by Crippen LogP contribution is 2.38. The Labute approximate surface area is 155 Å². The number of hydrazine groups is 1. The third-order valence-corrected chi connectivity index (χ3v) is 4.13. The molecule has 2 aromatic rings. The lowest BCUT2D eigenvalue weighted by atomic mass is 10.0. The van der Waals surface area contributed by atoms with Crippen LogP contribution in [0.15, 0.2) is 41.4 Å². The van der Waals surface area contributed by atoms with E-state index in [9.17, 15) is 13.2 Å². The van der Waals surface area contributed by atoms with Crippen LogP contribution in [0.5, 0.6) is 5.75 Å². The van der Waals surface area contributed by atoms with Crippen LogP contribution in [-0.2, 0) is 5.79 Å². The molecule has 0 amide bonds. The summed E-state index contributed by atoms with van der Waals surface area (Å²) in [4.78, 5) is 4.03. The Morgan fingerprint density at radius 2 is 1.65 bits per heavy atom. The first-order valence-corrected chi connectivity index (χ1v) is 7.86. The van der Waals surface area contributed by atoms with Gasteiger partial charge < -0.3 is 10.5 Å². The lowest BCUT2D eigenvalue weighted by Crippen LogP contribution is -2.50. The van der Waals surface area contributed by atoms with Gasteiger partial charge in [0, 0.05) is 11.1 Å². The molecule has 0 aromatic heterocycles. The number of nitrogens with one attached hydrogen (secondary N) is 2. The lowest BCUT2D eigenvalue weighted by molar-refractivity contribution is -0.274. The summed E-state index contributed by atoms with van der Waals surface area (Å²) in [5.74, 6) is -1.60. The van der Waals surface area contributed by atoms with Crippen molar-refractivity contribution >= 4 is 29.2 Å². The first kappa shape index (κ1) is 18.6. The van der Waals surface area contributed by atoms with Crippen molar-refractivity contribution in [2.75, 3.05) is 0 Å². The highest BCUT2D eigenvalue weighted by atomic mass is 35.5. The molecule has 3 rings (SSSR count). The molecule has 138 valence electrons. The fourth-order valence-electron chi connectivity index (χ4n) is 2.43. The summed E-state index contributed by atoms with van der Waals surface area (Å²) in [6.45, 7) is 0. The number of guanidine groups is 1. The Hall–Kier alpha value is -2.20. The largest absolute Gasteiger partial charge is 0.573 e. The predicted molar refractivity (Wildman–Crippen MR) is 92.3 cm³/mol. The average Bonchev–Trinajstić information content (AvgIpc) is 2.87. The summed E-state index contributed by atoms with van der Waals surface area (Å²) in [5.41, 5.74) is 18.3. The van der Waals surface area contributed by atoms with Crippen molar-refractivity contribution in [3.63, 3.8) is 0 Å². The maximum Gasteiger partial charge on any atom is 0.573 e. The van der Waals surface area contributed by atoms with Crippen LogP contribution in [0, 0.1) is 0 Å². The number of hydrogen-bond donors (Lipinski definition) is 4. The molecule has 1 aliphatic heterocycles. The first-order valence-electron chi connectivity index (χ1n) is 7.10. The number of hydrogen-bond acceptors (Lipinski definition) is 6. The Bertz CT molecular complexity index is 850. The molecule has 0 aliphatic carbocycles. The van der Waals surface area contributed by atoms with E-state index in [0.29, 0.717) is 16.7 Å². The summed E-state index contributed by atoms with van der Waals surface area (Å²) < 4.78 is 40.6. The van der Waals surface area contributed by atoms with Crippen LogP contribution in [0.4, 0.5) is 13.2 Å². The van der Waals surface area contributed by atoms with Gasteiger partial charge in [0.25, 0.3) is 0 Å². The number of aliphatic imine (C=N–C) groups is 1. The molecule has 0 radical (unpaired) electrons. The molecule has 0 spiro atoms. The standard InChI is InChI=1S/C15H12Cl2F3N5O/c16-10-5-8(14(22)23-13(21)24-25-14)6-11(17)12(10)7-1-3-9(4-2-7)26-15(18,19)20/h1-6,25H,22H2,(H3,21,23,24). The zero-order valence-electron chi connectivity index (χ0n) is 12.9. The second-order valence-electron chi connectivity index (χ2n) is 5.40. The summed E-state index contributed by atoms with van der Waals surface area (Å²) >= 11 is 12.6. The van der Waals surface area contributed by atoms with E-state index in [2.05, 4.69) is 20.6 Å². The number of ether oxygens (including phenoxy) is 1. The van der Waals surface area contributed by atoms with Crippen LogP contribution in [0.1, 0.15) is 5.56 Å². The van der Waals surface area contributed by atoms with E-state index in [0.717, 1.165) is 0 Å². The van der Waals surface area contributed by atoms with Gasteiger partial charge in [0.2, 0.25) is 11.7 Å². The number of nitrogens with two attached hydrogens (primary N) is 2. The van der Waals surface area contributed by atoms with Crippen LogP contribution in [-0.4, -0.2) is 12.3 Å². The second-order valence-corrected chi connectivity index (χ2v) is 6.21. The van der Waals surface area contributed by atoms with Crippen molar-refractivity contribution in [3.05, 3.63) is 52.0 Å². The smallest absolute Gasteiger partial charge is 0.406 e. The third-order valence-electron chi connectivity index (χ3n) is 3.54. The lowest BCUT2D eigenvalue weighted by Gasteiger charge is -2.22. The number of halogens is 5. The topological polar surface area (TPSA) is 97.7 Å². The van der Waals surface area contributed by atoms with Crippen LogP contribution in [0.2, 0.25) is 10.0 Å². The minimum atomic E-state index is -4.77. The Balaban J connectivity index is 1.94. The zero-order valence-corrected chi connectivity index (χ0v) is 14.4. The molecule has 0 bridgehead atoms. The predicted octanol–water partition coefficient (Wildman–Crippen LogP) is 3.05. The number of alkyl halides is 3. The van der Waals surface area contributed by atoms with Gasteiger partial charge in [0.05, 0.1) is 10.0 Å². The second kappa shape index (κ2) is 6.51. The fraction of sp³-hybridized carbons (Fsp3) is 0.133. The summed E-state index contributed by atoms with van der Waals surface area (Å²) in [7, 11) is 0.